The Hall–Kier alpha value is -0.600. The Morgan fingerprint density at radius 1 is 1.15 bits per heavy atom. The largest absolute Gasteiger partial charge is 0.395 e. The number of likely N-dealkylation sites (N-methyl/N-ethyl adjacent to an activating group) is 1. The minimum atomic E-state index is 0.247. The Kier molecular flexibility index (Phi) is 9.05. The fourth-order valence-electron chi connectivity index (χ4n) is 1.03. The lowest BCUT2D eigenvalue weighted by Crippen LogP contribution is -2.22. The quantitative estimate of drug-likeness (QED) is 0.458. The van der Waals surface area contributed by atoms with Crippen LogP contribution < -0.4 is 0 Å². The predicted octanol–water partition coefficient (Wildman–Crippen LogP) is 1.82. The van der Waals surface area contributed by atoms with Crippen LogP contribution in [0.3, 0.4) is 0 Å². The number of nitrogens with zero attached hydrogens (tertiary/aromatic N) is 1. The van der Waals surface area contributed by atoms with Crippen molar-refractivity contribution in [3.63, 3.8) is 0 Å². The van der Waals surface area contributed by atoms with Gasteiger partial charge in [-0.25, -0.2) is 0 Å². The maximum atomic E-state index is 8.64. The van der Waals surface area contributed by atoms with Gasteiger partial charge in [0.15, 0.2) is 0 Å². The number of unbranched alkanes of at least 4 members (excludes halogenated alkanes) is 1. The van der Waals surface area contributed by atoms with Crippen LogP contribution in [0.25, 0.3) is 0 Å². The van der Waals surface area contributed by atoms with Crippen LogP contribution in [0, 0.1) is 0 Å². The van der Waals surface area contributed by atoms with Gasteiger partial charge < -0.3 is 10.0 Å². The van der Waals surface area contributed by atoms with Crippen LogP contribution in [0.1, 0.15) is 19.3 Å². The van der Waals surface area contributed by atoms with Gasteiger partial charge in [0, 0.05) is 13.1 Å². The van der Waals surface area contributed by atoms with Gasteiger partial charge in [-0.1, -0.05) is 18.2 Å². The molecule has 0 aliphatic heterocycles. The summed E-state index contributed by atoms with van der Waals surface area (Å²) in [7, 11) is 2.02. The van der Waals surface area contributed by atoms with Crippen molar-refractivity contribution in [1.82, 2.24) is 4.90 Å². The smallest absolute Gasteiger partial charge is 0.0558 e. The molecule has 76 valence electrons. The van der Waals surface area contributed by atoms with Crippen molar-refractivity contribution in [2.24, 2.45) is 0 Å². The molecule has 1 N–H and O–H groups in total. The SMILES string of the molecule is C=CCCC=CCCN(C)CCO. The van der Waals surface area contributed by atoms with Crippen LogP contribution in [-0.4, -0.2) is 36.8 Å². The molecule has 0 aliphatic rings. The van der Waals surface area contributed by atoms with Crippen LogP contribution >= 0.6 is 0 Å². The van der Waals surface area contributed by atoms with E-state index in [-0.39, 0.29) is 6.61 Å². The molecule has 0 aliphatic carbocycles. The van der Waals surface area contributed by atoms with E-state index in [2.05, 4.69) is 23.6 Å². The zero-order valence-corrected chi connectivity index (χ0v) is 8.58. The first-order valence-corrected chi connectivity index (χ1v) is 4.86. The van der Waals surface area contributed by atoms with Gasteiger partial charge in [-0.15, -0.1) is 6.58 Å². The summed E-state index contributed by atoms with van der Waals surface area (Å²) in [6.07, 6.45) is 9.53. The first kappa shape index (κ1) is 12.4. The molecule has 13 heavy (non-hydrogen) atoms. The number of hydrogen-bond acceptors (Lipinski definition) is 2. The van der Waals surface area contributed by atoms with Gasteiger partial charge >= 0.3 is 0 Å². The molecule has 2 heteroatoms. The number of aliphatic hydroxyl groups is 1. The summed E-state index contributed by atoms with van der Waals surface area (Å²) in [6, 6.07) is 0. The lowest BCUT2D eigenvalue weighted by atomic mass is 10.2. The molecule has 0 rings (SSSR count). The lowest BCUT2D eigenvalue weighted by molar-refractivity contribution is 0.223. The van der Waals surface area contributed by atoms with E-state index in [1.54, 1.807) is 0 Å². The Labute approximate surface area is 81.6 Å². The second-order valence-corrected chi connectivity index (χ2v) is 3.15. The highest BCUT2D eigenvalue weighted by Crippen LogP contribution is 1.94. The summed E-state index contributed by atoms with van der Waals surface area (Å²) in [5.74, 6) is 0. The molecule has 0 aromatic heterocycles. The average molecular weight is 183 g/mol. The fraction of sp³-hybridized carbons (Fsp3) is 0.636. The Bertz CT molecular complexity index is 143. The van der Waals surface area contributed by atoms with Crippen molar-refractivity contribution < 1.29 is 5.11 Å². The van der Waals surface area contributed by atoms with Crippen LogP contribution in [0.4, 0.5) is 0 Å². The number of aliphatic hydroxyl groups excluding tert-OH is 1. The van der Waals surface area contributed by atoms with Gasteiger partial charge in [-0.3, -0.25) is 0 Å². The van der Waals surface area contributed by atoms with Crippen LogP contribution in [0.5, 0.6) is 0 Å². The van der Waals surface area contributed by atoms with E-state index in [0.29, 0.717) is 0 Å². The van der Waals surface area contributed by atoms with E-state index in [0.717, 1.165) is 32.4 Å². The van der Waals surface area contributed by atoms with Crippen LogP contribution in [0.15, 0.2) is 24.8 Å². The maximum absolute atomic E-state index is 8.64. The van der Waals surface area contributed by atoms with E-state index >= 15 is 0 Å². The highest BCUT2D eigenvalue weighted by molar-refractivity contribution is 4.84. The summed E-state index contributed by atoms with van der Waals surface area (Å²) < 4.78 is 0. The van der Waals surface area contributed by atoms with Crippen molar-refractivity contribution >= 4 is 0 Å². The molecule has 0 heterocycles. The van der Waals surface area contributed by atoms with Crippen LogP contribution in [0.2, 0.25) is 0 Å². The molecule has 0 aromatic rings. The summed E-state index contributed by atoms with van der Waals surface area (Å²) in [5.41, 5.74) is 0. The first-order chi connectivity index (χ1) is 6.31. The van der Waals surface area contributed by atoms with Crippen molar-refractivity contribution in [3.05, 3.63) is 24.8 Å². The molecule has 0 saturated carbocycles. The zero-order valence-electron chi connectivity index (χ0n) is 8.58. The van der Waals surface area contributed by atoms with Gasteiger partial charge in [0.25, 0.3) is 0 Å². The van der Waals surface area contributed by atoms with E-state index in [1.807, 2.05) is 13.1 Å². The van der Waals surface area contributed by atoms with E-state index in [1.165, 1.54) is 0 Å². The summed E-state index contributed by atoms with van der Waals surface area (Å²) in [6.45, 7) is 5.69. The molecular weight excluding hydrogens is 162 g/mol. The molecule has 0 radical (unpaired) electrons. The standard InChI is InChI=1S/C11H21NO/c1-3-4-5-6-7-8-9-12(2)10-11-13/h3,6-7,13H,1,4-5,8-11H2,2H3. The Morgan fingerprint density at radius 2 is 1.85 bits per heavy atom. The van der Waals surface area contributed by atoms with E-state index in [4.69, 9.17) is 5.11 Å². The third kappa shape index (κ3) is 9.31. The van der Waals surface area contributed by atoms with E-state index in [9.17, 15) is 0 Å². The molecule has 2 nitrogen and oxygen atoms in total. The molecular formula is C11H21NO. The predicted molar refractivity (Wildman–Crippen MR) is 57.8 cm³/mol. The maximum Gasteiger partial charge on any atom is 0.0558 e. The summed E-state index contributed by atoms with van der Waals surface area (Å²) >= 11 is 0. The Balaban J connectivity index is 3.22. The lowest BCUT2D eigenvalue weighted by Gasteiger charge is -2.12. The Morgan fingerprint density at radius 3 is 2.46 bits per heavy atom. The highest BCUT2D eigenvalue weighted by atomic mass is 16.3. The minimum Gasteiger partial charge on any atom is -0.395 e. The normalized spacial score (nSPS) is 11.3. The molecule has 0 bridgehead atoms. The monoisotopic (exact) mass is 183 g/mol. The van der Waals surface area contributed by atoms with Crippen molar-refractivity contribution in [3.8, 4) is 0 Å². The highest BCUT2D eigenvalue weighted by Gasteiger charge is 1.92. The molecule has 0 amide bonds. The second-order valence-electron chi connectivity index (χ2n) is 3.15. The topological polar surface area (TPSA) is 23.5 Å². The molecule has 0 saturated heterocycles. The summed E-state index contributed by atoms with van der Waals surface area (Å²) in [5, 5.41) is 8.64. The molecule has 0 spiro atoms. The fourth-order valence-corrected chi connectivity index (χ4v) is 1.03. The number of hydrogen-bond donors (Lipinski definition) is 1. The van der Waals surface area contributed by atoms with Gasteiger partial charge in [0.05, 0.1) is 6.61 Å². The van der Waals surface area contributed by atoms with Gasteiger partial charge in [-0.05, 0) is 26.3 Å². The number of allylic oxidation sites excluding steroid dienone is 2. The molecule has 0 fully saturated rings. The van der Waals surface area contributed by atoms with Crippen LogP contribution in [-0.2, 0) is 0 Å². The number of rotatable bonds is 8. The zero-order chi connectivity index (χ0) is 9.94. The first-order valence-electron chi connectivity index (χ1n) is 4.86. The second kappa shape index (κ2) is 9.49. The third-order valence-electron chi connectivity index (χ3n) is 1.86. The molecule has 0 unspecified atom stereocenters. The van der Waals surface area contributed by atoms with Gasteiger partial charge in [0.1, 0.15) is 0 Å². The van der Waals surface area contributed by atoms with E-state index < -0.39 is 0 Å². The minimum absolute atomic E-state index is 0.247. The van der Waals surface area contributed by atoms with Crippen molar-refractivity contribution in [2.75, 3.05) is 26.7 Å². The summed E-state index contributed by atoms with van der Waals surface area (Å²) in [4.78, 5) is 2.12. The van der Waals surface area contributed by atoms with Gasteiger partial charge in [-0.2, -0.15) is 0 Å². The van der Waals surface area contributed by atoms with Crippen molar-refractivity contribution in [1.29, 1.82) is 0 Å². The average Bonchev–Trinajstić information content (AvgIpc) is 2.11. The molecule has 0 atom stereocenters. The third-order valence-corrected chi connectivity index (χ3v) is 1.86. The van der Waals surface area contributed by atoms with Crippen molar-refractivity contribution in [2.45, 2.75) is 19.3 Å². The molecule has 0 aromatic carbocycles. The van der Waals surface area contributed by atoms with Gasteiger partial charge in [0.2, 0.25) is 0 Å².